The summed E-state index contributed by atoms with van der Waals surface area (Å²) < 4.78 is 0. The van der Waals surface area contributed by atoms with Crippen LogP contribution in [0.3, 0.4) is 0 Å². The molecule has 1 aliphatic rings. The molecular weight excluding hydrogens is 204 g/mol. The first-order valence-electron chi connectivity index (χ1n) is 5.69. The molecule has 16 heavy (non-hydrogen) atoms. The van der Waals surface area contributed by atoms with Gasteiger partial charge in [0.2, 0.25) is 0 Å². The van der Waals surface area contributed by atoms with E-state index < -0.39 is 0 Å². The van der Waals surface area contributed by atoms with Gasteiger partial charge in [-0.2, -0.15) is 0 Å². The quantitative estimate of drug-likeness (QED) is 0.768. The van der Waals surface area contributed by atoms with E-state index in [1.54, 1.807) is 6.07 Å². The van der Waals surface area contributed by atoms with Gasteiger partial charge < -0.3 is 15.7 Å². The Morgan fingerprint density at radius 1 is 1.38 bits per heavy atom. The second kappa shape index (κ2) is 4.65. The molecule has 5 nitrogen and oxygen atoms in total. The highest BCUT2D eigenvalue weighted by atomic mass is 16.3. The molecule has 0 aromatic carbocycles. The van der Waals surface area contributed by atoms with Crippen molar-refractivity contribution < 1.29 is 5.11 Å². The van der Waals surface area contributed by atoms with Crippen LogP contribution in [-0.2, 0) is 0 Å². The summed E-state index contributed by atoms with van der Waals surface area (Å²) in [5.74, 6) is 1.74. The maximum Gasteiger partial charge on any atom is 0.151 e. The Balaban J connectivity index is 1.96. The van der Waals surface area contributed by atoms with Crippen molar-refractivity contribution in [2.75, 3.05) is 23.7 Å². The number of hydrogen-bond donors (Lipinski definition) is 2. The summed E-state index contributed by atoms with van der Waals surface area (Å²) in [4.78, 5) is 2.19. The highest BCUT2D eigenvalue weighted by Gasteiger charge is 2.23. The van der Waals surface area contributed by atoms with Gasteiger partial charge in [-0.25, -0.2) is 0 Å². The maximum atomic E-state index is 9.51. The van der Waals surface area contributed by atoms with E-state index in [2.05, 4.69) is 15.1 Å². The first-order valence-corrected chi connectivity index (χ1v) is 5.69. The average molecular weight is 222 g/mol. The summed E-state index contributed by atoms with van der Waals surface area (Å²) >= 11 is 0. The van der Waals surface area contributed by atoms with Gasteiger partial charge in [0.05, 0.1) is 6.10 Å². The van der Waals surface area contributed by atoms with Crippen LogP contribution in [0.2, 0.25) is 0 Å². The van der Waals surface area contributed by atoms with E-state index in [1.807, 2.05) is 13.0 Å². The SMILES string of the molecule is CC(O)C1CCN(c2ccc(N)nn2)CC1. The van der Waals surface area contributed by atoms with E-state index in [-0.39, 0.29) is 6.10 Å². The third kappa shape index (κ3) is 2.41. The molecule has 0 saturated carbocycles. The molecular formula is C11H18N4O. The molecule has 0 bridgehead atoms. The summed E-state index contributed by atoms with van der Waals surface area (Å²) in [5, 5.41) is 17.4. The van der Waals surface area contributed by atoms with E-state index in [0.717, 1.165) is 31.7 Å². The van der Waals surface area contributed by atoms with Gasteiger partial charge in [0, 0.05) is 13.1 Å². The largest absolute Gasteiger partial charge is 0.393 e. The van der Waals surface area contributed by atoms with Crippen LogP contribution in [0.5, 0.6) is 0 Å². The van der Waals surface area contributed by atoms with Crippen molar-refractivity contribution in [2.24, 2.45) is 5.92 Å². The summed E-state index contributed by atoms with van der Waals surface area (Å²) in [6.07, 6.45) is 1.80. The lowest BCUT2D eigenvalue weighted by Crippen LogP contribution is -2.37. The standard InChI is InChI=1S/C11H18N4O/c1-8(16)9-4-6-15(7-5-9)11-3-2-10(12)13-14-11/h2-3,8-9,16H,4-7H2,1H3,(H2,12,13). The van der Waals surface area contributed by atoms with Crippen LogP contribution >= 0.6 is 0 Å². The lowest BCUT2D eigenvalue weighted by molar-refractivity contribution is 0.109. The Morgan fingerprint density at radius 3 is 2.56 bits per heavy atom. The van der Waals surface area contributed by atoms with Crippen LogP contribution in [-0.4, -0.2) is 34.5 Å². The van der Waals surface area contributed by atoms with Crippen LogP contribution in [0.4, 0.5) is 11.6 Å². The lowest BCUT2D eigenvalue weighted by Gasteiger charge is -2.33. The van der Waals surface area contributed by atoms with Crippen molar-refractivity contribution in [2.45, 2.75) is 25.9 Å². The number of nitrogens with two attached hydrogens (primary N) is 1. The smallest absolute Gasteiger partial charge is 0.151 e. The van der Waals surface area contributed by atoms with Gasteiger partial charge in [0.1, 0.15) is 5.82 Å². The third-order valence-electron chi connectivity index (χ3n) is 3.22. The molecule has 0 aliphatic carbocycles. The molecule has 3 N–H and O–H groups in total. The van der Waals surface area contributed by atoms with E-state index in [4.69, 9.17) is 5.73 Å². The number of nitrogen functional groups attached to an aromatic ring is 1. The van der Waals surface area contributed by atoms with Crippen molar-refractivity contribution in [1.82, 2.24) is 10.2 Å². The van der Waals surface area contributed by atoms with Crippen molar-refractivity contribution in [3.8, 4) is 0 Å². The Bertz CT molecular complexity index is 330. The molecule has 0 radical (unpaired) electrons. The Labute approximate surface area is 95.3 Å². The normalized spacial score (nSPS) is 19.8. The first kappa shape index (κ1) is 11.1. The minimum absolute atomic E-state index is 0.209. The molecule has 2 heterocycles. The number of aromatic nitrogens is 2. The number of rotatable bonds is 2. The van der Waals surface area contributed by atoms with Gasteiger partial charge in [-0.1, -0.05) is 0 Å². The summed E-state index contributed by atoms with van der Waals surface area (Å²) in [6, 6.07) is 3.66. The van der Waals surface area contributed by atoms with Gasteiger partial charge in [-0.15, -0.1) is 10.2 Å². The van der Waals surface area contributed by atoms with E-state index in [9.17, 15) is 5.11 Å². The van der Waals surface area contributed by atoms with Crippen molar-refractivity contribution in [3.63, 3.8) is 0 Å². The van der Waals surface area contributed by atoms with Gasteiger partial charge in [0.15, 0.2) is 5.82 Å². The second-order valence-corrected chi connectivity index (χ2v) is 4.38. The zero-order valence-electron chi connectivity index (χ0n) is 9.50. The average Bonchev–Trinajstić information content (AvgIpc) is 2.30. The monoisotopic (exact) mass is 222 g/mol. The number of piperidine rings is 1. The fourth-order valence-electron chi connectivity index (χ4n) is 2.12. The van der Waals surface area contributed by atoms with Crippen molar-refractivity contribution >= 4 is 11.6 Å². The topological polar surface area (TPSA) is 75.3 Å². The first-order chi connectivity index (χ1) is 7.66. The molecule has 1 aliphatic heterocycles. The molecule has 5 heteroatoms. The molecule has 88 valence electrons. The number of aliphatic hydroxyl groups is 1. The molecule has 1 unspecified atom stereocenters. The van der Waals surface area contributed by atoms with E-state index in [0.29, 0.717) is 11.7 Å². The summed E-state index contributed by atoms with van der Waals surface area (Å²) in [6.45, 7) is 3.71. The van der Waals surface area contributed by atoms with Crippen LogP contribution in [0, 0.1) is 5.92 Å². The lowest BCUT2D eigenvalue weighted by atomic mass is 9.92. The van der Waals surface area contributed by atoms with E-state index >= 15 is 0 Å². The molecule has 1 fully saturated rings. The Morgan fingerprint density at radius 2 is 2.06 bits per heavy atom. The molecule has 1 saturated heterocycles. The molecule has 1 atom stereocenters. The summed E-state index contributed by atoms with van der Waals surface area (Å²) in [5.41, 5.74) is 5.49. The Hall–Kier alpha value is -1.36. The number of anilines is 2. The number of hydrogen-bond acceptors (Lipinski definition) is 5. The van der Waals surface area contributed by atoms with Gasteiger partial charge >= 0.3 is 0 Å². The number of nitrogens with zero attached hydrogens (tertiary/aromatic N) is 3. The highest BCUT2D eigenvalue weighted by molar-refractivity contribution is 5.41. The molecule has 0 spiro atoms. The predicted molar refractivity (Wildman–Crippen MR) is 63.1 cm³/mol. The third-order valence-corrected chi connectivity index (χ3v) is 3.22. The molecule has 1 aromatic rings. The van der Waals surface area contributed by atoms with Gasteiger partial charge in [-0.3, -0.25) is 0 Å². The van der Waals surface area contributed by atoms with Crippen LogP contribution in [0.15, 0.2) is 12.1 Å². The van der Waals surface area contributed by atoms with Crippen LogP contribution in [0.25, 0.3) is 0 Å². The van der Waals surface area contributed by atoms with Crippen molar-refractivity contribution in [1.29, 1.82) is 0 Å². The second-order valence-electron chi connectivity index (χ2n) is 4.38. The van der Waals surface area contributed by atoms with Crippen LogP contribution < -0.4 is 10.6 Å². The minimum atomic E-state index is -0.209. The molecule has 2 rings (SSSR count). The van der Waals surface area contributed by atoms with Crippen molar-refractivity contribution in [3.05, 3.63) is 12.1 Å². The van der Waals surface area contributed by atoms with E-state index in [1.165, 1.54) is 0 Å². The zero-order valence-corrected chi connectivity index (χ0v) is 9.50. The fourth-order valence-corrected chi connectivity index (χ4v) is 2.12. The highest BCUT2D eigenvalue weighted by Crippen LogP contribution is 2.23. The number of aliphatic hydroxyl groups excluding tert-OH is 1. The Kier molecular flexibility index (Phi) is 3.24. The zero-order chi connectivity index (χ0) is 11.5. The molecule has 1 aromatic heterocycles. The minimum Gasteiger partial charge on any atom is -0.393 e. The molecule has 0 amide bonds. The maximum absolute atomic E-state index is 9.51. The summed E-state index contributed by atoms with van der Waals surface area (Å²) in [7, 11) is 0. The fraction of sp³-hybridized carbons (Fsp3) is 0.636. The van der Waals surface area contributed by atoms with Gasteiger partial charge in [-0.05, 0) is 37.8 Å². The van der Waals surface area contributed by atoms with Crippen LogP contribution in [0.1, 0.15) is 19.8 Å². The predicted octanol–water partition coefficient (Wildman–Crippen LogP) is 0.656. The van der Waals surface area contributed by atoms with Gasteiger partial charge in [0.25, 0.3) is 0 Å².